The molecule has 0 radical (unpaired) electrons. The van der Waals surface area contributed by atoms with E-state index in [1.807, 2.05) is 18.2 Å². The molecule has 0 aromatic heterocycles. The third-order valence-corrected chi connectivity index (χ3v) is 2.85. The summed E-state index contributed by atoms with van der Waals surface area (Å²) in [7, 11) is 3.66. The van der Waals surface area contributed by atoms with E-state index in [1.54, 1.807) is 13.2 Å². The largest absolute Gasteiger partial charge is 0.497 e. The summed E-state index contributed by atoms with van der Waals surface area (Å²) in [6, 6.07) is 7.32. The molecule has 0 bridgehead atoms. The van der Waals surface area contributed by atoms with Crippen molar-refractivity contribution in [1.29, 1.82) is 0 Å². The van der Waals surface area contributed by atoms with Crippen LogP contribution in [0.4, 0.5) is 5.69 Å². The average molecular weight is 265 g/mol. The van der Waals surface area contributed by atoms with Crippen molar-refractivity contribution in [3.8, 4) is 5.75 Å². The second-order valence-electron chi connectivity index (χ2n) is 4.35. The maximum atomic E-state index is 11.7. The van der Waals surface area contributed by atoms with Gasteiger partial charge in [0.15, 0.2) is 0 Å². The Morgan fingerprint density at radius 3 is 2.89 bits per heavy atom. The molecule has 106 valence electrons. The number of rotatable bonds is 8. The Hall–Kier alpha value is -1.59. The third-order valence-electron chi connectivity index (χ3n) is 2.85. The van der Waals surface area contributed by atoms with E-state index in [2.05, 4.69) is 29.5 Å². The van der Waals surface area contributed by atoms with E-state index < -0.39 is 0 Å². The van der Waals surface area contributed by atoms with E-state index in [0.717, 1.165) is 31.1 Å². The van der Waals surface area contributed by atoms with Gasteiger partial charge in [-0.2, -0.15) is 0 Å². The van der Waals surface area contributed by atoms with E-state index in [-0.39, 0.29) is 5.91 Å². The van der Waals surface area contributed by atoms with Crippen LogP contribution >= 0.6 is 0 Å². The van der Waals surface area contributed by atoms with Gasteiger partial charge in [0.25, 0.3) is 0 Å². The zero-order valence-corrected chi connectivity index (χ0v) is 11.9. The highest BCUT2D eigenvalue weighted by Crippen LogP contribution is 2.16. The van der Waals surface area contributed by atoms with Crippen molar-refractivity contribution >= 4 is 11.6 Å². The van der Waals surface area contributed by atoms with Crippen molar-refractivity contribution in [3.63, 3.8) is 0 Å². The normalized spacial score (nSPS) is 10.5. The SMILES string of the molecule is CCN(C)CCNCC(=O)Nc1cccc(OC)c1. The van der Waals surface area contributed by atoms with Crippen molar-refractivity contribution < 1.29 is 9.53 Å². The van der Waals surface area contributed by atoms with E-state index >= 15 is 0 Å². The molecule has 2 N–H and O–H groups in total. The number of carbonyl (C=O) groups excluding carboxylic acids is 1. The van der Waals surface area contributed by atoms with Gasteiger partial charge in [-0.1, -0.05) is 13.0 Å². The van der Waals surface area contributed by atoms with Crippen molar-refractivity contribution in [1.82, 2.24) is 10.2 Å². The first-order chi connectivity index (χ1) is 9.15. The van der Waals surface area contributed by atoms with E-state index in [0.29, 0.717) is 6.54 Å². The highest BCUT2D eigenvalue weighted by Gasteiger charge is 2.03. The molecule has 1 aromatic rings. The Morgan fingerprint density at radius 2 is 2.21 bits per heavy atom. The first-order valence-electron chi connectivity index (χ1n) is 6.49. The minimum Gasteiger partial charge on any atom is -0.497 e. The van der Waals surface area contributed by atoms with Crippen LogP contribution < -0.4 is 15.4 Å². The first kappa shape index (κ1) is 15.5. The predicted octanol–water partition coefficient (Wildman–Crippen LogP) is 1.18. The van der Waals surface area contributed by atoms with Crippen LogP contribution in [0, 0.1) is 0 Å². The lowest BCUT2D eigenvalue weighted by atomic mass is 10.3. The Balaban J connectivity index is 2.27. The maximum Gasteiger partial charge on any atom is 0.238 e. The van der Waals surface area contributed by atoms with Gasteiger partial charge in [0.2, 0.25) is 5.91 Å². The van der Waals surface area contributed by atoms with Gasteiger partial charge >= 0.3 is 0 Å². The molecule has 5 nitrogen and oxygen atoms in total. The molecule has 1 rings (SSSR count). The van der Waals surface area contributed by atoms with Gasteiger partial charge in [-0.15, -0.1) is 0 Å². The molecule has 19 heavy (non-hydrogen) atoms. The molecule has 0 unspecified atom stereocenters. The lowest BCUT2D eigenvalue weighted by molar-refractivity contribution is -0.115. The number of likely N-dealkylation sites (N-methyl/N-ethyl adjacent to an activating group) is 1. The second kappa shape index (κ2) is 8.50. The predicted molar refractivity (Wildman–Crippen MR) is 77.7 cm³/mol. The van der Waals surface area contributed by atoms with Crippen molar-refractivity contribution in [2.45, 2.75) is 6.92 Å². The lowest BCUT2D eigenvalue weighted by Gasteiger charge is -2.14. The van der Waals surface area contributed by atoms with E-state index in [1.165, 1.54) is 0 Å². The quantitative estimate of drug-likeness (QED) is 0.693. The molecule has 1 amide bonds. The number of hydrogen-bond acceptors (Lipinski definition) is 4. The van der Waals surface area contributed by atoms with Crippen LogP contribution in [0.15, 0.2) is 24.3 Å². The van der Waals surface area contributed by atoms with Crippen LogP contribution in [0.3, 0.4) is 0 Å². The zero-order valence-electron chi connectivity index (χ0n) is 11.9. The number of hydrogen-bond donors (Lipinski definition) is 2. The molecule has 0 saturated carbocycles. The Morgan fingerprint density at radius 1 is 1.42 bits per heavy atom. The fourth-order valence-corrected chi connectivity index (χ4v) is 1.54. The summed E-state index contributed by atoms with van der Waals surface area (Å²) in [6.45, 7) is 5.17. The topological polar surface area (TPSA) is 53.6 Å². The van der Waals surface area contributed by atoms with Crippen LogP contribution in [0.5, 0.6) is 5.75 Å². The number of nitrogens with one attached hydrogen (secondary N) is 2. The molecule has 0 saturated heterocycles. The third kappa shape index (κ3) is 6.22. The molecule has 0 heterocycles. The Labute approximate surface area is 114 Å². The molecule has 0 spiro atoms. The Bertz CT molecular complexity index is 396. The number of ether oxygens (including phenoxy) is 1. The highest BCUT2D eigenvalue weighted by atomic mass is 16.5. The fourth-order valence-electron chi connectivity index (χ4n) is 1.54. The summed E-state index contributed by atoms with van der Waals surface area (Å²) in [4.78, 5) is 13.9. The van der Waals surface area contributed by atoms with Gasteiger partial charge in [-0.05, 0) is 25.7 Å². The monoisotopic (exact) mass is 265 g/mol. The van der Waals surface area contributed by atoms with Crippen LogP contribution in [-0.4, -0.2) is 51.1 Å². The molecule has 0 aliphatic heterocycles. The van der Waals surface area contributed by atoms with Crippen molar-refractivity contribution in [3.05, 3.63) is 24.3 Å². The summed E-state index contributed by atoms with van der Waals surface area (Å²) in [5.41, 5.74) is 0.747. The molecule has 0 atom stereocenters. The van der Waals surface area contributed by atoms with Crippen molar-refractivity contribution in [2.75, 3.05) is 45.7 Å². The number of nitrogens with zero attached hydrogens (tertiary/aromatic N) is 1. The smallest absolute Gasteiger partial charge is 0.238 e. The number of anilines is 1. The van der Waals surface area contributed by atoms with Crippen LogP contribution in [0.2, 0.25) is 0 Å². The van der Waals surface area contributed by atoms with Gasteiger partial charge in [0.05, 0.1) is 13.7 Å². The van der Waals surface area contributed by atoms with E-state index in [9.17, 15) is 4.79 Å². The summed E-state index contributed by atoms with van der Waals surface area (Å²) in [5, 5.41) is 5.94. The molecule has 0 aliphatic rings. The molecule has 1 aromatic carbocycles. The van der Waals surface area contributed by atoms with Gasteiger partial charge in [-0.3, -0.25) is 4.79 Å². The minimum absolute atomic E-state index is 0.0487. The standard InChI is InChI=1S/C14H23N3O2/c1-4-17(2)9-8-15-11-14(18)16-12-6-5-7-13(10-12)19-3/h5-7,10,15H,4,8-9,11H2,1-3H3,(H,16,18). The summed E-state index contributed by atoms with van der Waals surface area (Å²) < 4.78 is 5.10. The van der Waals surface area contributed by atoms with Crippen LogP contribution in [0.25, 0.3) is 0 Å². The zero-order chi connectivity index (χ0) is 14.1. The summed E-state index contributed by atoms with van der Waals surface area (Å²) in [5.74, 6) is 0.683. The summed E-state index contributed by atoms with van der Waals surface area (Å²) in [6.07, 6.45) is 0. The van der Waals surface area contributed by atoms with Gasteiger partial charge < -0.3 is 20.3 Å². The molecule has 5 heteroatoms. The maximum absolute atomic E-state index is 11.7. The molecule has 0 fully saturated rings. The fraction of sp³-hybridized carbons (Fsp3) is 0.500. The molecule has 0 aliphatic carbocycles. The highest BCUT2D eigenvalue weighted by molar-refractivity contribution is 5.92. The first-order valence-corrected chi connectivity index (χ1v) is 6.49. The van der Waals surface area contributed by atoms with Gasteiger partial charge in [0, 0.05) is 24.8 Å². The van der Waals surface area contributed by atoms with Gasteiger partial charge in [-0.25, -0.2) is 0 Å². The van der Waals surface area contributed by atoms with Crippen LogP contribution in [0.1, 0.15) is 6.92 Å². The Kier molecular flexibility index (Phi) is 6.92. The number of carbonyl (C=O) groups is 1. The minimum atomic E-state index is -0.0487. The lowest BCUT2D eigenvalue weighted by Crippen LogP contribution is -2.34. The van der Waals surface area contributed by atoms with E-state index in [4.69, 9.17) is 4.74 Å². The van der Waals surface area contributed by atoms with Crippen LogP contribution in [-0.2, 0) is 4.79 Å². The molecular formula is C14H23N3O2. The number of amides is 1. The number of benzene rings is 1. The van der Waals surface area contributed by atoms with Gasteiger partial charge in [0.1, 0.15) is 5.75 Å². The summed E-state index contributed by atoms with van der Waals surface area (Å²) >= 11 is 0. The average Bonchev–Trinajstić information content (AvgIpc) is 2.43. The molecular weight excluding hydrogens is 242 g/mol. The second-order valence-corrected chi connectivity index (χ2v) is 4.35. The van der Waals surface area contributed by atoms with Crippen molar-refractivity contribution in [2.24, 2.45) is 0 Å². The number of methoxy groups -OCH3 is 1.